The van der Waals surface area contributed by atoms with Crippen molar-refractivity contribution in [1.29, 1.82) is 0 Å². The summed E-state index contributed by atoms with van der Waals surface area (Å²) in [5.41, 5.74) is 3.16. The Kier molecular flexibility index (Phi) is 7.85. The minimum absolute atomic E-state index is 0.142. The average Bonchev–Trinajstić information content (AvgIpc) is 3.13. The topological polar surface area (TPSA) is 29.5 Å². The van der Waals surface area contributed by atoms with Gasteiger partial charge in [-0.1, -0.05) is 67.4 Å². The van der Waals surface area contributed by atoms with Gasteiger partial charge in [0.2, 0.25) is 0 Å². The molecule has 6 heteroatoms. The lowest BCUT2D eigenvalue weighted by Crippen LogP contribution is -2.49. The first-order valence-electron chi connectivity index (χ1n) is 12.6. The van der Waals surface area contributed by atoms with Crippen molar-refractivity contribution in [3.05, 3.63) is 93.5 Å². The van der Waals surface area contributed by atoms with E-state index in [1.165, 1.54) is 5.56 Å². The molecule has 0 aromatic heterocycles. The molecule has 2 aliphatic heterocycles. The number of amides is 1. The highest BCUT2D eigenvalue weighted by molar-refractivity contribution is 7.98. The summed E-state index contributed by atoms with van der Waals surface area (Å²) in [4.78, 5) is 16.6. The monoisotopic (exact) mass is 539 g/mol. The molecule has 3 aromatic rings. The molecule has 3 aromatic carbocycles. The summed E-state index contributed by atoms with van der Waals surface area (Å²) in [7, 11) is 0. The van der Waals surface area contributed by atoms with E-state index in [-0.39, 0.29) is 24.1 Å². The summed E-state index contributed by atoms with van der Waals surface area (Å²) in [6.45, 7) is 4.40. The maximum atomic E-state index is 13.5. The SMILES string of the molecule is CC(C)c1ccccc1OC1C[C@H]2CC[C@@H](C1)N2C(=O)c1ccc(CSc2ccc(Cl)cc2Cl)cc1. The standard InChI is InChI=1S/C30H31Cl2NO2S/c1-19(2)26-5-3-4-6-28(26)35-25-16-23-12-13-24(17-25)33(23)30(34)21-9-7-20(8-10-21)18-36-29-14-11-22(31)15-27(29)32/h3-11,14-15,19,23-25H,12-13,16-18H2,1-2H3/t23-,24+,25?. The first-order chi connectivity index (χ1) is 17.4. The number of carbonyl (C=O) groups excluding carboxylic acids is 1. The summed E-state index contributed by atoms with van der Waals surface area (Å²) < 4.78 is 6.50. The highest BCUT2D eigenvalue weighted by Crippen LogP contribution is 2.39. The lowest BCUT2D eigenvalue weighted by molar-refractivity contribution is 0.0356. The Morgan fingerprint density at radius 2 is 1.69 bits per heavy atom. The molecular formula is C30H31Cl2NO2S. The van der Waals surface area contributed by atoms with E-state index in [1.807, 2.05) is 42.5 Å². The Labute approximate surface area is 228 Å². The van der Waals surface area contributed by atoms with Gasteiger partial charge in [-0.05, 0) is 66.3 Å². The maximum absolute atomic E-state index is 13.5. The fourth-order valence-corrected chi connectivity index (χ4v) is 6.89. The van der Waals surface area contributed by atoms with Crippen LogP contribution < -0.4 is 4.74 Å². The number of benzene rings is 3. The number of nitrogens with zero attached hydrogens (tertiary/aromatic N) is 1. The first kappa shape index (κ1) is 25.5. The van der Waals surface area contributed by atoms with Crippen molar-refractivity contribution in [2.24, 2.45) is 0 Å². The summed E-state index contributed by atoms with van der Waals surface area (Å²) >= 11 is 14.0. The van der Waals surface area contributed by atoms with Crippen molar-refractivity contribution in [2.75, 3.05) is 0 Å². The molecule has 1 amide bonds. The van der Waals surface area contributed by atoms with Gasteiger partial charge in [-0.3, -0.25) is 4.79 Å². The van der Waals surface area contributed by atoms with Crippen LogP contribution >= 0.6 is 35.0 Å². The smallest absolute Gasteiger partial charge is 0.254 e. The van der Waals surface area contributed by atoms with Gasteiger partial charge in [-0.15, -0.1) is 11.8 Å². The number of carbonyl (C=O) groups is 1. The van der Waals surface area contributed by atoms with E-state index < -0.39 is 0 Å². The Bertz CT molecular complexity index is 1220. The number of ether oxygens (including phenoxy) is 1. The zero-order valence-electron chi connectivity index (χ0n) is 20.6. The highest BCUT2D eigenvalue weighted by Gasteiger charge is 2.44. The molecule has 0 saturated carbocycles. The Hall–Kier alpha value is -2.14. The van der Waals surface area contributed by atoms with Crippen LogP contribution in [0.1, 0.15) is 66.9 Å². The molecule has 36 heavy (non-hydrogen) atoms. The molecule has 0 radical (unpaired) electrons. The molecule has 3 nitrogen and oxygen atoms in total. The molecule has 2 fully saturated rings. The zero-order chi connectivity index (χ0) is 25.2. The van der Waals surface area contributed by atoms with Gasteiger partial charge < -0.3 is 9.64 Å². The Balaban J connectivity index is 1.21. The molecule has 2 bridgehead atoms. The largest absolute Gasteiger partial charge is 0.490 e. The van der Waals surface area contributed by atoms with Crippen molar-refractivity contribution < 1.29 is 9.53 Å². The number of fused-ring (bicyclic) bond motifs is 2. The van der Waals surface area contributed by atoms with Crippen LogP contribution in [0.2, 0.25) is 10.0 Å². The van der Waals surface area contributed by atoms with Crippen molar-refractivity contribution in [1.82, 2.24) is 4.90 Å². The molecule has 5 rings (SSSR count). The first-order valence-corrected chi connectivity index (χ1v) is 14.4. The van der Waals surface area contributed by atoms with E-state index in [0.29, 0.717) is 16.0 Å². The number of piperidine rings is 1. The van der Waals surface area contributed by atoms with E-state index in [0.717, 1.165) is 53.2 Å². The lowest BCUT2D eigenvalue weighted by Gasteiger charge is -2.39. The third kappa shape index (κ3) is 5.56. The van der Waals surface area contributed by atoms with E-state index in [9.17, 15) is 4.79 Å². The third-order valence-corrected chi connectivity index (χ3v) is 9.05. The molecule has 0 N–H and O–H groups in total. The minimum Gasteiger partial charge on any atom is -0.490 e. The minimum atomic E-state index is 0.142. The van der Waals surface area contributed by atoms with Crippen LogP contribution in [-0.4, -0.2) is 29.0 Å². The predicted molar refractivity (Wildman–Crippen MR) is 150 cm³/mol. The molecule has 2 aliphatic rings. The molecule has 3 atom stereocenters. The molecule has 1 unspecified atom stereocenters. The molecular weight excluding hydrogens is 509 g/mol. The summed E-state index contributed by atoms with van der Waals surface area (Å²) in [6, 6.07) is 22.4. The van der Waals surface area contributed by atoms with E-state index in [4.69, 9.17) is 27.9 Å². The third-order valence-electron chi connectivity index (χ3n) is 7.25. The van der Waals surface area contributed by atoms with E-state index in [2.05, 4.69) is 36.9 Å². The van der Waals surface area contributed by atoms with Gasteiger partial charge in [0.15, 0.2) is 0 Å². The van der Waals surface area contributed by atoms with Gasteiger partial charge in [0, 0.05) is 46.2 Å². The normalized spacial score (nSPS) is 21.1. The maximum Gasteiger partial charge on any atom is 0.254 e. The van der Waals surface area contributed by atoms with Gasteiger partial charge in [0.05, 0.1) is 5.02 Å². The molecule has 0 aliphatic carbocycles. The fraction of sp³-hybridized carbons (Fsp3) is 0.367. The second kappa shape index (κ2) is 11.1. The van der Waals surface area contributed by atoms with Crippen molar-refractivity contribution in [3.8, 4) is 5.75 Å². The Morgan fingerprint density at radius 1 is 1.00 bits per heavy atom. The summed E-state index contributed by atoms with van der Waals surface area (Å²) in [5, 5.41) is 1.30. The van der Waals surface area contributed by atoms with E-state index in [1.54, 1.807) is 17.8 Å². The Morgan fingerprint density at radius 3 is 2.36 bits per heavy atom. The molecule has 2 saturated heterocycles. The highest BCUT2D eigenvalue weighted by atomic mass is 35.5. The van der Waals surface area contributed by atoms with Gasteiger partial charge in [0.1, 0.15) is 11.9 Å². The van der Waals surface area contributed by atoms with Crippen LogP contribution in [-0.2, 0) is 5.75 Å². The van der Waals surface area contributed by atoms with Crippen molar-refractivity contribution >= 4 is 40.9 Å². The van der Waals surface area contributed by atoms with Gasteiger partial charge in [0.25, 0.3) is 5.91 Å². The second-order valence-electron chi connectivity index (χ2n) is 10.1. The average molecular weight is 541 g/mol. The predicted octanol–water partition coefficient (Wildman–Crippen LogP) is 8.62. The van der Waals surface area contributed by atoms with Crippen LogP contribution in [0.5, 0.6) is 5.75 Å². The number of hydrogen-bond donors (Lipinski definition) is 0. The van der Waals surface area contributed by atoms with Crippen LogP contribution in [0.4, 0.5) is 0 Å². The van der Waals surface area contributed by atoms with Gasteiger partial charge in [-0.25, -0.2) is 0 Å². The number of rotatable bonds is 7. The number of para-hydroxylation sites is 1. The summed E-state index contributed by atoms with van der Waals surface area (Å²) in [6.07, 6.45) is 4.05. The van der Waals surface area contributed by atoms with Crippen molar-refractivity contribution in [3.63, 3.8) is 0 Å². The summed E-state index contributed by atoms with van der Waals surface area (Å²) in [5.74, 6) is 2.33. The second-order valence-corrected chi connectivity index (χ2v) is 11.9. The van der Waals surface area contributed by atoms with Crippen LogP contribution in [0.25, 0.3) is 0 Å². The number of hydrogen-bond acceptors (Lipinski definition) is 3. The number of thioether (sulfide) groups is 1. The van der Waals surface area contributed by atoms with Crippen molar-refractivity contribution in [2.45, 2.75) is 74.3 Å². The zero-order valence-corrected chi connectivity index (χ0v) is 23.0. The quantitative estimate of drug-likeness (QED) is 0.281. The van der Waals surface area contributed by atoms with E-state index >= 15 is 0 Å². The number of halogens is 2. The van der Waals surface area contributed by atoms with Crippen LogP contribution in [0.3, 0.4) is 0 Å². The van der Waals surface area contributed by atoms with Gasteiger partial charge >= 0.3 is 0 Å². The van der Waals surface area contributed by atoms with Gasteiger partial charge in [-0.2, -0.15) is 0 Å². The van der Waals surface area contributed by atoms with Crippen LogP contribution in [0.15, 0.2) is 71.6 Å². The lowest BCUT2D eigenvalue weighted by atomic mass is 9.97. The fourth-order valence-electron chi connectivity index (χ4n) is 5.45. The molecule has 0 spiro atoms. The van der Waals surface area contributed by atoms with Crippen LogP contribution in [0, 0.1) is 0 Å². The molecule has 2 heterocycles. The molecule has 188 valence electrons.